The summed E-state index contributed by atoms with van der Waals surface area (Å²) in [5.41, 5.74) is 1.52. The number of benzene rings is 1. The minimum atomic E-state index is -3.82. The van der Waals surface area contributed by atoms with E-state index in [0.717, 1.165) is 36.4 Å². The highest BCUT2D eigenvalue weighted by Gasteiger charge is 2.27. The fourth-order valence-corrected chi connectivity index (χ4v) is 5.73. The zero-order valence-corrected chi connectivity index (χ0v) is 18.1. The number of carbonyl (C=O) groups is 1. The van der Waals surface area contributed by atoms with Crippen molar-refractivity contribution in [2.45, 2.75) is 38.1 Å². The zero-order chi connectivity index (χ0) is 20.3. The Balaban J connectivity index is 1.65. The van der Waals surface area contributed by atoms with Crippen molar-refractivity contribution >= 4 is 33.0 Å². The molecular weight excluding hydrogens is 394 g/mol. The predicted octanol–water partition coefficient (Wildman–Crippen LogP) is 3.32. The number of sulfonamides is 1. The molecule has 1 saturated heterocycles. The number of rotatable bonds is 7. The first-order valence-corrected chi connectivity index (χ1v) is 11.8. The van der Waals surface area contributed by atoms with Gasteiger partial charge in [-0.1, -0.05) is 17.7 Å². The smallest absolute Gasteiger partial charge is 0.263 e. The van der Waals surface area contributed by atoms with Gasteiger partial charge < -0.3 is 10.2 Å². The van der Waals surface area contributed by atoms with Crippen molar-refractivity contribution in [1.82, 2.24) is 10.2 Å². The van der Waals surface area contributed by atoms with Gasteiger partial charge in [0.15, 0.2) is 0 Å². The summed E-state index contributed by atoms with van der Waals surface area (Å²) >= 11 is 1.14. The average molecular weight is 422 g/mol. The number of nitrogens with one attached hydrogen (secondary N) is 2. The van der Waals surface area contributed by atoms with Gasteiger partial charge in [0.2, 0.25) is 0 Å². The Labute approximate surface area is 171 Å². The van der Waals surface area contributed by atoms with E-state index in [1.165, 1.54) is 6.07 Å². The number of aryl methyl sites for hydroxylation is 1. The molecule has 1 aliphatic heterocycles. The molecule has 152 valence electrons. The molecule has 2 N–H and O–H groups in total. The molecule has 0 bridgehead atoms. The van der Waals surface area contributed by atoms with Gasteiger partial charge in [-0.2, -0.15) is 0 Å². The van der Waals surface area contributed by atoms with Gasteiger partial charge in [-0.25, -0.2) is 8.42 Å². The van der Waals surface area contributed by atoms with Gasteiger partial charge in [-0.05, 0) is 63.2 Å². The van der Waals surface area contributed by atoms with Gasteiger partial charge in [0.25, 0.3) is 15.9 Å². The number of nitrogens with zero attached hydrogens (tertiary/aromatic N) is 1. The molecule has 1 atom stereocenters. The molecule has 0 radical (unpaired) electrons. The van der Waals surface area contributed by atoms with E-state index in [9.17, 15) is 13.2 Å². The monoisotopic (exact) mass is 421 g/mol. The third-order valence-electron chi connectivity index (χ3n) is 5.03. The summed E-state index contributed by atoms with van der Waals surface area (Å²) < 4.78 is 28.1. The van der Waals surface area contributed by atoms with Crippen molar-refractivity contribution in [1.29, 1.82) is 0 Å². The molecule has 1 aromatic heterocycles. The second kappa shape index (κ2) is 8.63. The van der Waals surface area contributed by atoms with Crippen LogP contribution in [0.5, 0.6) is 0 Å². The summed E-state index contributed by atoms with van der Waals surface area (Å²) in [4.78, 5) is 15.3. The maximum Gasteiger partial charge on any atom is 0.263 e. The molecule has 3 rings (SSSR count). The van der Waals surface area contributed by atoms with Crippen LogP contribution in [0, 0.1) is 12.8 Å². The third kappa shape index (κ3) is 4.92. The molecule has 1 aromatic carbocycles. The lowest BCUT2D eigenvalue weighted by atomic mass is 10.1. The third-order valence-corrected chi connectivity index (χ3v) is 7.49. The standard InChI is InChI=1S/C20H27N3O3S2/c1-14(2)23-10-8-16(13-23)12-21-20(24)19-18(9-11-27-19)28(25,26)22-17-6-4-15(3)5-7-17/h4-7,9,11,14,16,22H,8,10,12-13H2,1-3H3,(H,21,24). The molecule has 1 aliphatic rings. The lowest BCUT2D eigenvalue weighted by molar-refractivity contribution is 0.0948. The van der Waals surface area contributed by atoms with Gasteiger partial charge >= 0.3 is 0 Å². The fraction of sp³-hybridized carbons (Fsp3) is 0.450. The quantitative estimate of drug-likeness (QED) is 0.719. The number of thiophene rings is 1. The number of hydrogen-bond donors (Lipinski definition) is 2. The summed E-state index contributed by atoms with van der Waals surface area (Å²) in [6.07, 6.45) is 1.04. The van der Waals surface area contributed by atoms with E-state index in [-0.39, 0.29) is 15.7 Å². The Kier molecular flexibility index (Phi) is 6.42. The van der Waals surface area contributed by atoms with Crippen LogP contribution in [0.15, 0.2) is 40.6 Å². The van der Waals surface area contributed by atoms with Gasteiger partial charge in [-0.3, -0.25) is 9.52 Å². The second-order valence-electron chi connectivity index (χ2n) is 7.54. The minimum Gasteiger partial charge on any atom is -0.351 e. The number of anilines is 1. The maximum absolute atomic E-state index is 12.8. The lowest BCUT2D eigenvalue weighted by Gasteiger charge is -2.20. The molecular formula is C20H27N3O3S2. The van der Waals surface area contributed by atoms with E-state index >= 15 is 0 Å². The zero-order valence-electron chi connectivity index (χ0n) is 16.4. The average Bonchev–Trinajstić information content (AvgIpc) is 3.31. The summed E-state index contributed by atoms with van der Waals surface area (Å²) in [6, 6.07) is 9.07. The van der Waals surface area contributed by atoms with Crippen molar-refractivity contribution in [3.8, 4) is 0 Å². The normalized spacial score (nSPS) is 17.8. The van der Waals surface area contributed by atoms with Crippen LogP contribution in [0.3, 0.4) is 0 Å². The van der Waals surface area contributed by atoms with Crippen molar-refractivity contribution in [3.05, 3.63) is 46.2 Å². The Morgan fingerprint density at radius 3 is 2.61 bits per heavy atom. The maximum atomic E-state index is 12.8. The summed E-state index contributed by atoms with van der Waals surface area (Å²) in [7, 11) is -3.82. The van der Waals surface area contributed by atoms with Crippen LogP contribution in [-0.4, -0.2) is 44.9 Å². The van der Waals surface area contributed by atoms with Crippen LogP contribution < -0.4 is 10.0 Å². The highest BCUT2D eigenvalue weighted by Crippen LogP contribution is 2.25. The van der Waals surface area contributed by atoms with Gasteiger partial charge in [0.05, 0.1) is 0 Å². The molecule has 1 unspecified atom stereocenters. The Morgan fingerprint density at radius 2 is 1.96 bits per heavy atom. The minimum absolute atomic E-state index is 0.0193. The Hall–Kier alpha value is -1.90. The summed E-state index contributed by atoms with van der Waals surface area (Å²) in [6.45, 7) is 8.84. The number of likely N-dealkylation sites (tertiary alicyclic amines) is 1. The SMILES string of the molecule is Cc1ccc(NS(=O)(=O)c2ccsc2C(=O)NCC2CCN(C(C)C)C2)cc1. The molecule has 2 aromatic rings. The Morgan fingerprint density at radius 1 is 1.25 bits per heavy atom. The molecule has 0 aliphatic carbocycles. The van der Waals surface area contributed by atoms with Crippen LogP contribution in [0.2, 0.25) is 0 Å². The van der Waals surface area contributed by atoms with E-state index in [2.05, 4.69) is 28.8 Å². The van der Waals surface area contributed by atoms with E-state index < -0.39 is 10.0 Å². The van der Waals surface area contributed by atoms with E-state index in [1.54, 1.807) is 17.5 Å². The second-order valence-corrected chi connectivity index (χ2v) is 10.1. The van der Waals surface area contributed by atoms with E-state index in [0.29, 0.717) is 24.2 Å². The van der Waals surface area contributed by atoms with Gasteiger partial charge in [-0.15, -0.1) is 11.3 Å². The number of carbonyl (C=O) groups excluding carboxylic acids is 1. The van der Waals surface area contributed by atoms with Crippen molar-refractivity contribution in [2.24, 2.45) is 5.92 Å². The molecule has 8 heteroatoms. The first kappa shape index (κ1) is 20.8. The molecule has 1 fully saturated rings. The van der Waals surface area contributed by atoms with E-state index in [4.69, 9.17) is 0 Å². The van der Waals surface area contributed by atoms with Crippen molar-refractivity contribution in [2.75, 3.05) is 24.4 Å². The first-order chi connectivity index (χ1) is 13.3. The van der Waals surface area contributed by atoms with Crippen LogP contribution in [0.25, 0.3) is 0 Å². The summed E-state index contributed by atoms with van der Waals surface area (Å²) in [5, 5.41) is 4.56. The molecule has 28 heavy (non-hydrogen) atoms. The lowest BCUT2D eigenvalue weighted by Crippen LogP contribution is -2.33. The molecule has 0 saturated carbocycles. The fourth-order valence-electron chi connectivity index (χ4n) is 3.32. The molecule has 6 nitrogen and oxygen atoms in total. The first-order valence-electron chi connectivity index (χ1n) is 9.45. The van der Waals surface area contributed by atoms with E-state index in [1.807, 2.05) is 19.1 Å². The summed E-state index contributed by atoms with van der Waals surface area (Å²) in [5.74, 6) is 0.0688. The largest absolute Gasteiger partial charge is 0.351 e. The molecule has 2 heterocycles. The highest BCUT2D eigenvalue weighted by atomic mass is 32.2. The number of hydrogen-bond acceptors (Lipinski definition) is 5. The number of amides is 1. The van der Waals surface area contributed by atoms with Crippen LogP contribution in [0.1, 0.15) is 35.5 Å². The topological polar surface area (TPSA) is 78.5 Å². The van der Waals surface area contributed by atoms with Crippen LogP contribution in [-0.2, 0) is 10.0 Å². The van der Waals surface area contributed by atoms with Crippen molar-refractivity contribution in [3.63, 3.8) is 0 Å². The highest BCUT2D eigenvalue weighted by molar-refractivity contribution is 7.93. The molecule has 1 amide bonds. The predicted molar refractivity (Wildman–Crippen MR) is 113 cm³/mol. The molecule has 0 spiro atoms. The van der Waals surface area contributed by atoms with Crippen molar-refractivity contribution < 1.29 is 13.2 Å². The van der Waals surface area contributed by atoms with Gasteiger partial charge in [0.1, 0.15) is 9.77 Å². The van der Waals surface area contributed by atoms with Crippen LogP contribution in [0.4, 0.5) is 5.69 Å². The van der Waals surface area contributed by atoms with Gasteiger partial charge in [0, 0.05) is 24.8 Å². The Bertz CT molecular complexity index is 920. The van der Waals surface area contributed by atoms with Crippen LogP contribution >= 0.6 is 11.3 Å².